The van der Waals surface area contributed by atoms with Crippen LogP contribution in [0.15, 0.2) is 24.3 Å². The van der Waals surface area contributed by atoms with Crippen molar-refractivity contribution in [3.05, 3.63) is 29.8 Å². The molecule has 1 aromatic carbocycles. The first kappa shape index (κ1) is 12.5. The average molecular weight is 224 g/mol. The lowest BCUT2D eigenvalue weighted by Gasteiger charge is -2.14. The first-order chi connectivity index (χ1) is 7.69. The molecular formula is C12H16O4. The summed E-state index contributed by atoms with van der Waals surface area (Å²) in [4.78, 5) is 10.9. The molecule has 1 atom stereocenters. The third-order valence-electron chi connectivity index (χ3n) is 2.24. The van der Waals surface area contributed by atoms with Gasteiger partial charge in [-0.2, -0.15) is 0 Å². The van der Waals surface area contributed by atoms with E-state index in [1.54, 1.807) is 18.2 Å². The number of carbonyl (C=O) groups is 1. The fourth-order valence-corrected chi connectivity index (χ4v) is 1.30. The minimum absolute atomic E-state index is 0.149. The Bertz CT molecular complexity index is 349. The van der Waals surface area contributed by atoms with Gasteiger partial charge in [-0.1, -0.05) is 25.1 Å². The maximum absolute atomic E-state index is 10.9. The van der Waals surface area contributed by atoms with Gasteiger partial charge in [0.05, 0.1) is 13.2 Å². The first-order valence-electron chi connectivity index (χ1n) is 5.15. The highest BCUT2D eigenvalue weighted by molar-refractivity contribution is 5.70. The molecule has 0 aliphatic carbocycles. The smallest absolute Gasteiger partial charge is 0.343 e. The average Bonchev–Trinajstić information content (AvgIpc) is 2.35. The fourth-order valence-electron chi connectivity index (χ4n) is 1.30. The van der Waals surface area contributed by atoms with E-state index in [0.717, 1.165) is 0 Å². The lowest BCUT2D eigenvalue weighted by Crippen LogP contribution is -2.13. The second-order valence-electron chi connectivity index (χ2n) is 3.33. The monoisotopic (exact) mass is 224 g/mol. The van der Waals surface area contributed by atoms with E-state index in [1.807, 2.05) is 13.0 Å². The van der Waals surface area contributed by atoms with Gasteiger partial charge in [0.1, 0.15) is 5.75 Å². The van der Waals surface area contributed by atoms with E-state index < -0.39 is 12.1 Å². The summed E-state index contributed by atoms with van der Waals surface area (Å²) in [7, 11) is 1.30. The molecule has 88 valence electrons. The molecule has 0 spiro atoms. The summed E-state index contributed by atoms with van der Waals surface area (Å²) in [5.74, 6) is 0.0723. The largest absolute Gasteiger partial charge is 0.482 e. The van der Waals surface area contributed by atoms with Gasteiger partial charge < -0.3 is 14.6 Å². The summed E-state index contributed by atoms with van der Waals surface area (Å²) in [5.41, 5.74) is 0.689. The molecule has 1 N–H and O–H groups in total. The molecule has 0 amide bonds. The van der Waals surface area contributed by atoms with Crippen LogP contribution in [0.25, 0.3) is 0 Å². The molecule has 4 nitrogen and oxygen atoms in total. The Morgan fingerprint density at radius 2 is 2.12 bits per heavy atom. The number of esters is 1. The zero-order valence-electron chi connectivity index (χ0n) is 9.47. The van der Waals surface area contributed by atoms with E-state index >= 15 is 0 Å². The Morgan fingerprint density at radius 3 is 2.75 bits per heavy atom. The van der Waals surface area contributed by atoms with Gasteiger partial charge in [0.15, 0.2) is 6.61 Å². The van der Waals surface area contributed by atoms with Crippen molar-refractivity contribution in [2.24, 2.45) is 0 Å². The highest BCUT2D eigenvalue weighted by Gasteiger charge is 2.12. The van der Waals surface area contributed by atoms with E-state index in [-0.39, 0.29) is 6.61 Å². The lowest BCUT2D eigenvalue weighted by molar-refractivity contribution is -0.142. The van der Waals surface area contributed by atoms with E-state index in [2.05, 4.69) is 4.74 Å². The van der Waals surface area contributed by atoms with Crippen LogP contribution in [0.5, 0.6) is 5.75 Å². The zero-order chi connectivity index (χ0) is 12.0. The van der Waals surface area contributed by atoms with Crippen LogP contribution in [-0.2, 0) is 9.53 Å². The quantitative estimate of drug-likeness (QED) is 0.773. The molecular weight excluding hydrogens is 208 g/mol. The molecule has 0 aliphatic heterocycles. The van der Waals surface area contributed by atoms with Crippen LogP contribution in [0, 0.1) is 0 Å². The molecule has 16 heavy (non-hydrogen) atoms. The molecule has 0 fully saturated rings. The molecule has 0 heterocycles. The Labute approximate surface area is 94.8 Å². The molecule has 0 aliphatic rings. The maximum Gasteiger partial charge on any atom is 0.343 e. The summed E-state index contributed by atoms with van der Waals surface area (Å²) >= 11 is 0. The number of para-hydroxylation sites is 1. The Morgan fingerprint density at radius 1 is 1.44 bits per heavy atom. The maximum atomic E-state index is 10.9. The van der Waals surface area contributed by atoms with Crippen LogP contribution in [0.3, 0.4) is 0 Å². The Balaban J connectivity index is 2.75. The van der Waals surface area contributed by atoms with E-state index in [9.17, 15) is 9.90 Å². The van der Waals surface area contributed by atoms with Crippen molar-refractivity contribution in [2.45, 2.75) is 19.4 Å². The fraction of sp³-hybridized carbons (Fsp3) is 0.417. The number of ether oxygens (including phenoxy) is 2. The number of hydrogen-bond acceptors (Lipinski definition) is 4. The van der Waals surface area contributed by atoms with Crippen LogP contribution >= 0.6 is 0 Å². The highest BCUT2D eigenvalue weighted by Crippen LogP contribution is 2.26. The van der Waals surface area contributed by atoms with Gasteiger partial charge in [0.25, 0.3) is 0 Å². The molecule has 0 saturated heterocycles. The summed E-state index contributed by atoms with van der Waals surface area (Å²) in [6, 6.07) is 7.11. The van der Waals surface area contributed by atoms with Crippen molar-refractivity contribution < 1.29 is 19.4 Å². The van der Waals surface area contributed by atoms with Crippen LogP contribution in [-0.4, -0.2) is 24.8 Å². The van der Waals surface area contributed by atoms with Gasteiger partial charge in [-0.25, -0.2) is 4.79 Å². The van der Waals surface area contributed by atoms with Gasteiger partial charge in [0.2, 0.25) is 0 Å². The molecule has 1 rings (SSSR count). The molecule has 0 bridgehead atoms. The summed E-state index contributed by atoms with van der Waals surface area (Å²) in [6.45, 7) is 1.73. The van der Waals surface area contributed by atoms with Gasteiger partial charge >= 0.3 is 5.97 Å². The van der Waals surface area contributed by atoms with Crippen molar-refractivity contribution in [3.8, 4) is 5.75 Å². The number of benzene rings is 1. The Kier molecular flexibility index (Phi) is 4.79. The van der Waals surface area contributed by atoms with Crippen molar-refractivity contribution in [2.75, 3.05) is 13.7 Å². The molecule has 0 saturated carbocycles. The number of carbonyl (C=O) groups excluding carboxylic acids is 1. The number of rotatable bonds is 5. The normalized spacial score (nSPS) is 11.9. The number of methoxy groups -OCH3 is 1. The number of aliphatic hydroxyl groups is 1. The van der Waals surface area contributed by atoms with Crippen molar-refractivity contribution in [3.63, 3.8) is 0 Å². The van der Waals surface area contributed by atoms with Crippen molar-refractivity contribution in [1.29, 1.82) is 0 Å². The second kappa shape index (κ2) is 6.12. The summed E-state index contributed by atoms with van der Waals surface area (Å²) < 4.78 is 9.75. The Hall–Kier alpha value is -1.55. The van der Waals surface area contributed by atoms with Crippen molar-refractivity contribution >= 4 is 5.97 Å². The SMILES string of the molecule is CC[C@H](O)c1ccccc1OCC(=O)OC. The third kappa shape index (κ3) is 3.24. The van der Waals surface area contributed by atoms with E-state index in [0.29, 0.717) is 17.7 Å². The third-order valence-corrected chi connectivity index (χ3v) is 2.24. The topological polar surface area (TPSA) is 55.8 Å². The zero-order valence-corrected chi connectivity index (χ0v) is 9.47. The van der Waals surface area contributed by atoms with Crippen LogP contribution in [0.4, 0.5) is 0 Å². The molecule has 0 aromatic heterocycles. The lowest BCUT2D eigenvalue weighted by atomic mass is 10.1. The standard InChI is InChI=1S/C12H16O4/c1-3-10(13)9-6-4-5-7-11(9)16-8-12(14)15-2/h4-7,10,13H,3,8H2,1-2H3/t10-/m0/s1. The summed E-state index contributed by atoms with van der Waals surface area (Å²) in [5, 5.41) is 9.74. The van der Waals surface area contributed by atoms with Crippen LogP contribution in [0.1, 0.15) is 25.0 Å². The van der Waals surface area contributed by atoms with Gasteiger partial charge in [-0.15, -0.1) is 0 Å². The first-order valence-corrected chi connectivity index (χ1v) is 5.15. The molecule has 1 aromatic rings. The van der Waals surface area contributed by atoms with Crippen molar-refractivity contribution in [1.82, 2.24) is 0 Å². The predicted octanol–water partition coefficient (Wildman–Crippen LogP) is 1.68. The highest BCUT2D eigenvalue weighted by atomic mass is 16.6. The van der Waals surface area contributed by atoms with Gasteiger partial charge in [-0.05, 0) is 12.5 Å². The number of aliphatic hydroxyl groups excluding tert-OH is 1. The minimum atomic E-state index is -0.575. The van der Waals surface area contributed by atoms with Crippen LogP contribution in [0.2, 0.25) is 0 Å². The molecule has 0 radical (unpaired) electrons. The number of hydrogen-bond donors (Lipinski definition) is 1. The van der Waals surface area contributed by atoms with Gasteiger partial charge in [0, 0.05) is 5.56 Å². The molecule has 4 heteroatoms. The van der Waals surface area contributed by atoms with Gasteiger partial charge in [-0.3, -0.25) is 0 Å². The molecule has 0 unspecified atom stereocenters. The second-order valence-corrected chi connectivity index (χ2v) is 3.33. The van der Waals surface area contributed by atoms with E-state index in [4.69, 9.17) is 4.74 Å². The van der Waals surface area contributed by atoms with E-state index in [1.165, 1.54) is 7.11 Å². The predicted molar refractivity (Wildman–Crippen MR) is 59.2 cm³/mol. The van der Waals surface area contributed by atoms with Crippen LogP contribution < -0.4 is 4.74 Å². The minimum Gasteiger partial charge on any atom is -0.482 e. The summed E-state index contributed by atoms with van der Waals surface area (Å²) in [6.07, 6.45) is 0.0207.